The number of alkyl halides is 3. The summed E-state index contributed by atoms with van der Waals surface area (Å²) < 4.78 is 39.0. The third-order valence-corrected chi connectivity index (χ3v) is 5.70. The van der Waals surface area contributed by atoms with Gasteiger partial charge in [-0.2, -0.15) is 13.2 Å². The van der Waals surface area contributed by atoms with Crippen LogP contribution in [0.4, 0.5) is 13.2 Å². The normalized spacial score (nSPS) is 21.2. The molecule has 3 nitrogen and oxygen atoms in total. The average molecular weight is 424 g/mol. The first kappa shape index (κ1) is 24.3. The standard InChI is InChI=1S/C24H32F3NO2/c1-4-5-6-21(12-7-17(2)3)28-14-13-18(16-23(29)30)15-22(28)19-8-10-20(11-9-19)24(25,26)27/h8-11,17-18,21-22H,4,7,12-16H2,1-3H3,(H,29,30)/t18-,21?,22+/m1/s1. The predicted octanol–water partition coefficient (Wildman–Crippen LogP) is 6.15. The molecule has 1 heterocycles. The minimum Gasteiger partial charge on any atom is -0.481 e. The Morgan fingerprint density at radius 3 is 2.43 bits per heavy atom. The molecule has 1 saturated heterocycles. The van der Waals surface area contributed by atoms with Crippen molar-refractivity contribution < 1.29 is 23.1 Å². The van der Waals surface area contributed by atoms with Crippen LogP contribution in [0.5, 0.6) is 0 Å². The molecule has 0 amide bonds. The number of halogens is 3. The largest absolute Gasteiger partial charge is 0.481 e. The summed E-state index contributed by atoms with van der Waals surface area (Å²) in [5.41, 5.74) is 0.128. The Labute approximate surface area is 177 Å². The van der Waals surface area contributed by atoms with E-state index in [0.717, 1.165) is 43.4 Å². The average Bonchev–Trinajstić information content (AvgIpc) is 2.67. The Kier molecular flexibility index (Phi) is 8.78. The molecule has 1 aromatic rings. The molecule has 1 aromatic carbocycles. The molecule has 1 aliphatic rings. The van der Waals surface area contributed by atoms with Gasteiger partial charge in [-0.05, 0) is 55.2 Å². The van der Waals surface area contributed by atoms with Crippen LogP contribution in [-0.4, -0.2) is 28.6 Å². The number of aliphatic carboxylic acids is 1. The summed E-state index contributed by atoms with van der Waals surface area (Å²) in [6, 6.07) is 5.20. The van der Waals surface area contributed by atoms with Gasteiger partial charge in [0.1, 0.15) is 0 Å². The number of rotatable bonds is 7. The van der Waals surface area contributed by atoms with E-state index >= 15 is 0 Å². The molecule has 0 aromatic heterocycles. The van der Waals surface area contributed by atoms with Crippen LogP contribution >= 0.6 is 0 Å². The number of carbonyl (C=O) groups is 1. The Morgan fingerprint density at radius 1 is 1.23 bits per heavy atom. The third-order valence-electron chi connectivity index (χ3n) is 5.70. The summed E-state index contributed by atoms with van der Waals surface area (Å²) in [4.78, 5) is 13.5. The van der Waals surface area contributed by atoms with Crippen LogP contribution in [0.3, 0.4) is 0 Å². The summed E-state index contributed by atoms with van der Waals surface area (Å²) in [7, 11) is 0. The molecular formula is C24H32F3NO2. The molecule has 2 rings (SSSR count). The van der Waals surface area contributed by atoms with E-state index in [-0.39, 0.29) is 24.4 Å². The maximum absolute atomic E-state index is 13.0. The zero-order valence-electron chi connectivity index (χ0n) is 18.0. The number of carboxylic acid groups (broad SMARTS) is 1. The van der Waals surface area contributed by atoms with E-state index in [1.165, 1.54) is 12.1 Å². The lowest BCUT2D eigenvalue weighted by molar-refractivity contribution is -0.139. The molecule has 1 aliphatic heterocycles. The quantitative estimate of drug-likeness (QED) is 0.535. The lowest BCUT2D eigenvalue weighted by atomic mass is 9.83. The number of piperidine rings is 1. The first-order valence-electron chi connectivity index (χ1n) is 10.7. The molecule has 166 valence electrons. The Balaban J connectivity index is 2.34. The van der Waals surface area contributed by atoms with Crippen molar-refractivity contribution in [2.75, 3.05) is 6.54 Å². The van der Waals surface area contributed by atoms with Gasteiger partial charge in [0, 0.05) is 25.4 Å². The van der Waals surface area contributed by atoms with Crippen molar-refractivity contribution in [1.29, 1.82) is 0 Å². The first-order chi connectivity index (χ1) is 14.1. The van der Waals surface area contributed by atoms with Crippen LogP contribution in [0.1, 0.15) is 76.5 Å². The Hall–Kier alpha value is -2.00. The van der Waals surface area contributed by atoms with Crippen LogP contribution in [0.15, 0.2) is 24.3 Å². The van der Waals surface area contributed by atoms with Crippen LogP contribution in [0, 0.1) is 23.7 Å². The van der Waals surface area contributed by atoms with Crippen molar-refractivity contribution in [3.63, 3.8) is 0 Å². The molecule has 1 fully saturated rings. The van der Waals surface area contributed by atoms with E-state index in [0.29, 0.717) is 18.9 Å². The molecule has 0 radical (unpaired) electrons. The molecule has 0 saturated carbocycles. The second-order valence-corrected chi connectivity index (χ2v) is 8.52. The summed E-state index contributed by atoms with van der Waals surface area (Å²) in [5.74, 6) is 6.26. The molecule has 0 spiro atoms. The topological polar surface area (TPSA) is 40.5 Å². The molecule has 1 unspecified atom stereocenters. The number of carboxylic acids is 1. The van der Waals surface area contributed by atoms with Gasteiger partial charge in [-0.1, -0.05) is 38.8 Å². The predicted molar refractivity (Wildman–Crippen MR) is 112 cm³/mol. The van der Waals surface area contributed by atoms with Crippen molar-refractivity contribution >= 4 is 5.97 Å². The second kappa shape index (κ2) is 10.9. The summed E-state index contributed by atoms with van der Waals surface area (Å²) in [6.07, 6.45) is -0.258. The molecule has 1 N–H and O–H groups in total. The molecule has 30 heavy (non-hydrogen) atoms. The number of hydrogen-bond donors (Lipinski definition) is 1. The highest BCUT2D eigenvalue weighted by Crippen LogP contribution is 2.39. The fraction of sp³-hybridized carbons (Fsp3) is 0.625. The van der Waals surface area contributed by atoms with Crippen LogP contribution < -0.4 is 0 Å². The van der Waals surface area contributed by atoms with Crippen molar-refractivity contribution in [3.05, 3.63) is 35.4 Å². The lowest BCUT2D eigenvalue weighted by Crippen LogP contribution is -2.43. The number of benzene rings is 1. The van der Waals surface area contributed by atoms with Gasteiger partial charge in [-0.15, -0.1) is 5.92 Å². The van der Waals surface area contributed by atoms with E-state index in [4.69, 9.17) is 0 Å². The maximum Gasteiger partial charge on any atom is 0.416 e. The van der Waals surface area contributed by atoms with Gasteiger partial charge < -0.3 is 5.11 Å². The highest BCUT2D eigenvalue weighted by atomic mass is 19.4. The van der Waals surface area contributed by atoms with Gasteiger partial charge in [0.2, 0.25) is 0 Å². The summed E-state index contributed by atoms with van der Waals surface area (Å²) >= 11 is 0. The first-order valence-corrected chi connectivity index (χ1v) is 10.7. The monoisotopic (exact) mass is 423 g/mol. The zero-order chi connectivity index (χ0) is 22.3. The summed E-state index contributed by atoms with van der Waals surface area (Å²) in [5, 5.41) is 9.22. The Bertz CT molecular complexity index is 746. The highest BCUT2D eigenvalue weighted by Gasteiger charge is 2.35. The molecule has 0 bridgehead atoms. The second-order valence-electron chi connectivity index (χ2n) is 8.52. The SMILES string of the molecule is CCC#CC(CCC(C)C)N1CC[C@@H](CC(=O)O)C[C@H]1c1ccc(C(F)(F)F)cc1. The number of likely N-dealkylation sites (tertiary alicyclic amines) is 1. The van der Waals surface area contributed by atoms with E-state index in [1.54, 1.807) is 0 Å². The molecule has 6 heteroatoms. The number of nitrogens with zero attached hydrogens (tertiary/aromatic N) is 1. The van der Waals surface area contributed by atoms with Crippen LogP contribution in [0.2, 0.25) is 0 Å². The van der Waals surface area contributed by atoms with E-state index in [9.17, 15) is 23.1 Å². The van der Waals surface area contributed by atoms with Gasteiger partial charge in [-0.25, -0.2) is 0 Å². The number of hydrogen-bond acceptors (Lipinski definition) is 2. The minimum atomic E-state index is -4.37. The molecular weight excluding hydrogens is 391 g/mol. The van der Waals surface area contributed by atoms with E-state index in [2.05, 4.69) is 30.6 Å². The van der Waals surface area contributed by atoms with E-state index in [1.807, 2.05) is 6.92 Å². The van der Waals surface area contributed by atoms with Gasteiger partial charge in [-0.3, -0.25) is 9.69 Å². The Morgan fingerprint density at radius 2 is 1.90 bits per heavy atom. The maximum atomic E-state index is 13.0. The fourth-order valence-electron chi connectivity index (χ4n) is 4.12. The summed E-state index contributed by atoms with van der Waals surface area (Å²) in [6.45, 7) is 7.03. The van der Waals surface area contributed by atoms with Crippen molar-refractivity contribution in [3.8, 4) is 11.8 Å². The highest BCUT2D eigenvalue weighted by molar-refractivity contribution is 5.67. The van der Waals surface area contributed by atoms with Gasteiger partial charge in [0.15, 0.2) is 0 Å². The van der Waals surface area contributed by atoms with Crippen molar-refractivity contribution in [2.24, 2.45) is 11.8 Å². The third kappa shape index (κ3) is 7.05. The minimum absolute atomic E-state index is 0.0101. The van der Waals surface area contributed by atoms with Crippen molar-refractivity contribution in [1.82, 2.24) is 4.90 Å². The van der Waals surface area contributed by atoms with Gasteiger partial charge in [0.25, 0.3) is 0 Å². The lowest BCUT2D eigenvalue weighted by Gasteiger charge is -2.42. The van der Waals surface area contributed by atoms with Gasteiger partial charge in [0.05, 0.1) is 11.6 Å². The fourth-order valence-corrected chi connectivity index (χ4v) is 4.12. The van der Waals surface area contributed by atoms with Crippen LogP contribution in [-0.2, 0) is 11.0 Å². The molecule has 0 aliphatic carbocycles. The van der Waals surface area contributed by atoms with Crippen LogP contribution in [0.25, 0.3) is 0 Å². The van der Waals surface area contributed by atoms with Crippen molar-refractivity contribution in [2.45, 2.75) is 77.6 Å². The van der Waals surface area contributed by atoms with E-state index < -0.39 is 17.7 Å². The zero-order valence-corrected chi connectivity index (χ0v) is 18.0. The molecule has 3 atom stereocenters. The smallest absolute Gasteiger partial charge is 0.416 e. The van der Waals surface area contributed by atoms with Gasteiger partial charge >= 0.3 is 12.1 Å².